The molecule has 1 saturated carbocycles. The third kappa shape index (κ3) is 4.14. The number of carboxylic acid groups (broad SMARTS) is 1. The highest BCUT2D eigenvalue weighted by atomic mass is 19.3. The molecule has 0 aromatic heterocycles. The maximum atomic E-state index is 13.4. The minimum absolute atomic E-state index is 0.0721. The number of halogens is 2. The summed E-state index contributed by atoms with van der Waals surface area (Å²) < 4.78 is 41.0. The molecule has 1 aliphatic heterocycles. The van der Waals surface area contributed by atoms with Crippen LogP contribution in [0, 0.1) is 6.92 Å². The number of methoxy groups -OCH3 is 1. The molecule has 0 bridgehead atoms. The summed E-state index contributed by atoms with van der Waals surface area (Å²) in [4.78, 5) is 24.8. The molecule has 35 heavy (non-hydrogen) atoms. The number of fused-ring (bicyclic) bond motifs is 1. The van der Waals surface area contributed by atoms with Gasteiger partial charge in [-0.3, -0.25) is 4.79 Å². The van der Waals surface area contributed by atoms with Crippen LogP contribution in [0.4, 0.5) is 14.5 Å². The Labute approximate surface area is 199 Å². The van der Waals surface area contributed by atoms with Crippen molar-refractivity contribution in [2.45, 2.75) is 31.5 Å². The van der Waals surface area contributed by atoms with Gasteiger partial charge in [0.1, 0.15) is 5.75 Å². The van der Waals surface area contributed by atoms with E-state index in [-0.39, 0.29) is 23.0 Å². The van der Waals surface area contributed by atoms with Crippen molar-refractivity contribution in [3.05, 3.63) is 71.3 Å². The summed E-state index contributed by atoms with van der Waals surface area (Å²) >= 11 is 0. The van der Waals surface area contributed by atoms with Gasteiger partial charge in [-0.25, -0.2) is 4.79 Å². The molecule has 2 N–H and O–H groups in total. The van der Waals surface area contributed by atoms with Gasteiger partial charge in [0.05, 0.1) is 18.1 Å². The fourth-order valence-corrected chi connectivity index (χ4v) is 4.28. The molecule has 0 saturated heterocycles. The second-order valence-corrected chi connectivity index (χ2v) is 8.65. The number of carboxylic acids is 1. The summed E-state index contributed by atoms with van der Waals surface area (Å²) in [6.07, 6.45) is -2.60. The van der Waals surface area contributed by atoms with Crippen molar-refractivity contribution >= 4 is 17.6 Å². The Balaban J connectivity index is 1.42. The standard InChI is InChI=1S/C26H21F2NO6/c1-14-3-5-18(13-20(14)15-9-16(23(30)31)11-19(10-15)33-2)29-24(32)25(7-8-25)17-4-6-21-22(12-17)35-26(27,28)34-21/h3-6,9-13H,7-8H2,1-2H3,(H,29,32)(H,30,31). The molecule has 7 nitrogen and oxygen atoms in total. The van der Waals surface area contributed by atoms with Gasteiger partial charge in [-0.05, 0) is 84.5 Å². The second kappa shape index (κ2) is 7.97. The predicted molar refractivity (Wildman–Crippen MR) is 122 cm³/mol. The van der Waals surface area contributed by atoms with E-state index in [1.807, 2.05) is 13.0 Å². The topological polar surface area (TPSA) is 94.1 Å². The van der Waals surface area contributed by atoms with Crippen LogP contribution in [0.2, 0.25) is 0 Å². The molecule has 0 atom stereocenters. The zero-order valence-corrected chi connectivity index (χ0v) is 18.9. The summed E-state index contributed by atoms with van der Waals surface area (Å²) in [7, 11) is 1.46. The molecule has 0 spiro atoms. The van der Waals surface area contributed by atoms with Crippen LogP contribution in [0.15, 0.2) is 54.6 Å². The first-order valence-electron chi connectivity index (χ1n) is 10.9. The van der Waals surface area contributed by atoms with Crippen molar-refractivity contribution in [1.82, 2.24) is 0 Å². The highest BCUT2D eigenvalue weighted by molar-refractivity contribution is 6.02. The Bertz CT molecular complexity index is 1370. The molecule has 3 aromatic rings. The lowest BCUT2D eigenvalue weighted by molar-refractivity contribution is -0.286. The number of aryl methyl sites for hydroxylation is 1. The van der Waals surface area contributed by atoms with Crippen LogP contribution < -0.4 is 19.5 Å². The lowest BCUT2D eigenvalue weighted by Gasteiger charge is -2.17. The SMILES string of the molecule is COc1cc(C(=O)O)cc(-c2cc(NC(=O)C3(c4ccc5c(c4)OC(F)(F)O5)CC3)ccc2C)c1. The highest BCUT2D eigenvalue weighted by Gasteiger charge is 2.52. The quantitative estimate of drug-likeness (QED) is 0.492. The van der Waals surface area contributed by atoms with Crippen molar-refractivity contribution in [3.63, 3.8) is 0 Å². The number of aromatic carboxylic acids is 1. The highest BCUT2D eigenvalue weighted by Crippen LogP contribution is 2.52. The van der Waals surface area contributed by atoms with E-state index in [0.717, 1.165) is 11.1 Å². The number of ether oxygens (including phenoxy) is 3. The average molecular weight is 481 g/mol. The third-order valence-electron chi connectivity index (χ3n) is 6.33. The van der Waals surface area contributed by atoms with E-state index in [1.54, 1.807) is 30.3 Å². The summed E-state index contributed by atoms with van der Waals surface area (Å²) in [6, 6.07) is 14.5. The van der Waals surface area contributed by atoms with Gasteiger partial charge in [0.15, 0.2) is 11.5 Å². The molecule has 1 heterocycles. The summed E-state index contributed by atoms with van der Waals surface area (Å²) in [6.45, 7) is 1.88. The number of amides is 1. The molecule has 0 unspecified atom stereocenters. The van der Waals surface area contributed by atoms with Crippen molar-refractivity contribution in [3.8, 4) is 28.4 Å². The van der Waals surface area contributed by atoms with Gasteiger partial charge in [0.2, 0.25) is 5.91 Å². The number of nitrogens with one attached hydrogen (secondary N) is 1. The molecule has 2 aliphatic rings. The Hall–Kier alpha value is -4.14. The van der Waals surface area contributed by atoms with Crippen molar-refractivity contribution in [2.75, 3.05) is 12.4 Å². The van der Waals surface area contributed by atoms with E-state index in [0.29, 0.717) is 35.4 Å². The lowest BCUT2D eigenvalue weighted by Crippen LogP contribution is -2.28. The van der Waals surface area contributed by atoms with Gasteiger partial charge >= 0.3 is 12.3 Å². The minimum Gasteiger partial charge on any atom is -0.497 e. The average Bonchev–Trinajstić information content (AvgIpc) is 3.57. The Kier molecular flexibility index (Phi) is 5.16. The molecule has 1 aliphatic carbocycles. The molecule has 0 radical (unpaired) electrons. The van der Waals surface area contributed by atoms with Gasteiger partial charge in [-0.2, -0.15) is 0 Å². The van der Waals surface area contributed by atoms with Crippen LogP contribution in [0.5, 0.6) is 17.2 Å². The summed E-state index contributed by atoms with van der Waals surface area (Å²) in [5, 5.41) is 12.4. The van der Waals surface area contributed by atoms with E-state index in [1.165, 1.54) is 25.3 Å². The maximum absolute atomic E-state index is 13.4. The smallest absolute Gasteiger partial charge is 0.497 e. The normalized spacial score (nSPS) is 16.5. The van der Waals surface area contributed by atoms with E-state index < -0.39 is 17.7 Å². The number of alkyl halides is 2. The predicted octanol–water partition coefficient (Wildman–Crippen LogP) is 5.36. The maximum Gasteiger partial charge on any atom is 0.586 e. The van der Waals surface area contributed by atoms with Crippen LogP contribution >= 0.6 is 0 Å². The fraction of sp³-hybridized carbons (Fsp3) is 0.231. The van der Waals surface area contributed by atoms with Gasteiger partial charge in [-0.15, -0.1) is 8.78 Å². The van der Waals surface area contributed by atoms with Crippen molar-refractivity contribution in [2.24, 2.45) is 0 Å². The number of hydrogen-bond acceptors (Lipinski definition) is 5. The van der Waals surface area contributed by atoms with Gasteiger partial charge in [0, 0.05) is 5.69 Å². The summed E-state index contributed by atoms with van der Waals surface area (Å²) in [5.74, 6) is -1.12. The van der Waals surface area contributed by atoms with Gasteiger partial charge in [-0.1, -0.05) is 12.1 Å². The summed E-state index contributed by atoms with van der Waals surface area (Å²) in [5.41, 5.74) is 2.57. The lowest BCUT2D eigenvalue weighted by atomic mass is 9.94. The fourth-order valence-electron chi connectivity index (χ4n) is 4.28. The van der Waals surface area contributed by atoms with E-state index >= 15 is 0 Å². The number of carbonyl (C=O) groups excluding carboxylic acids is 1. The molecule has 9 heteroatoms. The van der Waals surface area contributed by atoms with Crippen LogP contribution in [-0.4, -0.2) is 30.4 Å². The van der Waals surface area contributed by atoms with Crippen molar-refractivity contribution in [1.29, 1.82) is 0 Å². The molecule has 3 aromatic carbocycles. The molecule has 5 rings (SSSR count). The first kappa shape index (κ1) is 22.6. The molecular formula is C26H21F2NO6. The third-order valence-corrected chi connectivity index (χ3v) is 6.33. The molecule has 180 valence electrons. The number of hydrogen-bond donors (Lipinski definition) is 2. The van der Waals surface area contributed by atoms with E-state index in [4.69, 9.17) is 4.74 Å². The van der Waals surface area contributed by atoms with Crippen LogP contribution in [0.1, 0.15) is 34.3 Å². The minimum atomic E-state index is -3.72. The van der Waals surface area contributed by atoms with Crippen LogP contribution in [0.25, 0.3) is 11.1 Å². The molecular weight excluding hydrogens is 460 g/mol. The number of rotatable bonds is 6. The first-order valence-corrected chi connectivity index (χ1v) is 10.9. The largest absolute Gasteiger partial charge is 0.586 e. The molecule has 1 amide bonds. The number of carbonyl (C=O) groups is 2. The van der Waals surface area contributed by atoms with Crippen LogP contribution in [-0.2, 0) is 10.2 Å². The molecule has 1 fully saturated rings. The van der Waals surface area contributed by atoms with Crippen molar-refractivity contribution < 1.29 is 37.7 Å². The second-order valence-electron chi connectivity index (χ2n) is 8.65. The van der Waals surface area contributed by atoms with Crippen LogP contribution in [0.3, 0.4) is 0 Å². The van der Waals surface area contributed by atoms with Gasteiger partial charge < -0.3 is 24.6 Å². The monoisotopic (exact) mass is 481 g/mol. The number of benzene rings is 3. The Morgan fingerprint density at radius 1 is 1.00 bits per heavy atom. The van der Waals surface area contributed by atoms with E-state index in [2.05, 4.69) is 14.8 Å². The Morgan fingerprint density at radius 2 is 1.74 bits per heavy atom. The van der Waals surface area contributed by atoms with E-state index in [9.17, 15) is 23.5 Å². The number of anilines is 1. The zero-order chi connectivity index (χ0) is 25.0. The Morgan fingerprint density at radius 3 is 2.43 bits per heavy atom. The zero-order valence-electron chi connectivity index (χ0n) is 18.9. The van der Waals surface area contributed by atoms with Gasteiger partial charge in [0.25, 0.3) is 0 Å². The first-order chi connectivity index (χ1) is 16.6.